The van der Waals surface area contributed by atoms with Gasteiger partial charge in [0, 0.05) is 13.0 Å². The number of hydrogen-bond acceptors (Lipinski definition) is 5. The van der Waals surface area contributed by atoms with E-state index in [0.717, 1.165) is 12.1 Å². The topological polar surface area (TPSA) is 104 Å². The van der Waals surface area contributed by atoms with Crippen LogP contribution in [0.15, 0.2) is 40.1 Å². The molecule has 0 aliphatic heterocycles. The Labute approximate surface area is 138 Å². The number of halogens is 1. The van der Waals surface area contributed by atoms with E-state index in [9.17, 15) is 23.4 Å². The fourth-order valence-electron chi connectivity index (χ4n) is 2.04. The zero-order valence-corrected chi connectivity index (χ0v) is 13.9. The molecule has 0 fully saturated rings. The SMILES string of the molecule is CC(=O)Nc1cc(S(=O)(=O)c2cc(O)c(O)cc2C)ccc1Cl. The highest BCUT2D eigenvalue weighted by molar-refractivity contribution is 7.91. The number of amides is 1. The van der Waals surface area contributed by atoms with Gasteiger partial charge in [-0.25, -0.2) is 8.42 Å². The first-order valence-corrected chi connectivity index (χ1v) is 8.34. The Bertz CT molecular complexity index is 893. The smallest absolute Gasteiger partial charge is 0.221 e. The van der Waals surface area contributed by atoms with E-state index >= 15 is 0 Å². The molecule has 122 valence electrons. The number of sulfone groups is 1. The monoisotopic (exact) mass is 355 g/mol. The first kappa shape index (κ1) is 17.1. The van der Waals surface area contributed by atoms with Gasteiger partial charge in [-0.3, -0.25) is 4.79 Å². The lowest BCUT2D eigenvalue weighted by Crippen LogP contribution is -2.09. The van der Waals surface area contributed by atoms with Gasteiger partial charge in [-0.1, -0.05) is 11.6 Å². The lowest BCUT2D eigenvalue weighted by atomic mass is 10.2. The van der Waals surface area contributed by atoms with Gasteiger partial charge in [0.15, 0.2) is 11.5 Å². The number of hydrogen-bond donors (Lipinski definition) is 3. The Balaban J connectivity index is 2.61. The Hall–Kier alpha value is -2.25. The first-order chi connectivity index (χ1) is 10.6. The van der Waals surface area contributed by atoms with Crippen molar-refractivity contribution in [3.05, 3.63) is 40.9 Å². The van der Waals surface area contributed by atoms with Gasteiger partial charge < -0.3 is 15.5 Å². The van der Waals surface area contributed by atoms with Crippen molar-refractivity contribution in [2.24, 2.45) is 0 Å². The van der Waals surface area contributed by atoms with E-state index in [1.165, 1.54) is 32.0 Å². The Morgan fingerprint density at radius 1 is 1.13 bits per heavy atom. The summed E-state index contributed by atoms with van der Waals surface area (Å²) in [6.07, 6.45) is 0. The number of nitrogens with one attached hydrogen (secondary N) is 1. The minimum absolute atomic E-state index is 0.0983. The van der Waals surface area contributed by atoms with Crippen LogP contribution >= 0.6 is 11.6 Å². The molecule has 0 bridgehead atoms. The molecule has 0 heterocycles. The van der Waals surface area contributed by atoms with Crippen LogP contribution in [0.5, 0.6) is 11.5 Å². The molecule has 0 unspecified atom stereocenters. The summed E-state index contributed by atoms with van der Waals surface area (Å²) < 4.78 is 25.4. The van der Waals surface area contributed by atoms with Crippen molar-refractivity contribution < 1.29 is 23.4 Å². The summed E-state index contributed by atoms with van der Waals surface area (Å²) in [6, 6.07) is 6.03. The van der Waals surface area contributed by atoms with Crippen molar-refractivity contribution in [2.45, 2.75) is 23.6 Å². The van der Waals surface area contributed by atoms with Crippen LogP contribution in [0.2, 0.25) is 5.02 Å². The maximum absolute atomic E-state index is 12.7. The molecule has 3 N–H and O–H groups in total. The molecular weight excluding hydrogens is 342 g/mol. The lowest BCUT2D eigenvalue weighted by molar-refractivity contribution is -0.114. The van der Waals surface area contributed by atoms with E-state index in [1.807, 2.05) is 0 Å². The van der Waals surface area contributed by atoms with Gasteiger partial charge in [-0.15, -0.1) is 0 Å². The highest BCUT2D eigenvalue weighted by Gasteiger charge is 2.23. The average Bonchev–Trinajstić information content (AvgIpc) is 2.44. The average molecular weight is 356 g/mol. The van der Waals surface area contributed by atoms with Gasteiger partial charge in [0.05, 0.1) is 20.5 Å². The van der Waals surface area contributed by atoms with Crippen LogP contribution in [0.1, 0.15) is 12.5 Å². The number of phenols is 2. The first-order valence-electron chi connectivity index (χ1n) is 6.47. The van der Waals surface area contributed by atoms with E-state index in [1.54, 1.807) is 0 Å². The van der Waals surface area contributed by atoms with Gasteiger partial charge in [0.2, 0.25) is 15.7 Å². The number of aromatic hydroxyl groups is 2. The number of aryl methyl sites for hydroxylation is 1. The molecule has 0 aliphatic rings. The number of anilines is 1. The molecule has 0 aromatic heterocycles. The third kappa shape index (κ3) is 3.40. The van der Waals surface area contributed by atoms with Crippen LogP contribution in [-0.2, 0) is 14.6 Å². The van der Waals surface area contributed by atoms with Crippen LogP contribution in [0.25, 0.3) is 0 Å². The second-order valence-electron chi connectivity index (χ2n) is 4.93. The fraction of sp³-hybridized carbons (Fsp3) is 0.133. The second-order valence-corrected chi connectivity index (χ2v) is 7.26. The molecule has 0 saturated carbocycles. The fourth-order valence-corrected chi connectivity index (χ4v) is 3.72. The van der Waals surface area contributed by atoms with Crippen molar-refractivity contribution in [1.29, 1.82) is 0 Å². The summed E-state index contributed by atoms with van der Waals surface area (Å²) in [6.45, 7) is 2.77. The normalized spacial score (nSPS) is 11.3. The number of benzene rings is 2. The predicted molar refractivity (Wildman–Crippen MR) is 85.7 cm³/mol. The molecule has 2 aromatic carbocycles. The summed E-state index contributed by atoms with van der Waals surface area (Å²) in [7, 11) is -3.97. The summed E-state index contributed by atoms with van der Waals surface area (Å²) in [4.78, 5) is 10.9. The molecule has 2 aromatic rings. The van der Waals surface area contributed by atoms with Gasteiger partial charge in [0.25, 0.3) is 0 Å². The highest BCUT2D eigenvalue weighted by Crippen LogP contribution is 2.35. The summed E-state index contributed by atoms with van der Waals surface area (Å²) in [5.41, 5.74) is 0.442. The molecule has 0 saturated heterocycles. The Morgan fingerprint density at radius 3 is 2.35 bits per heavy atom. The third-order valence-corrected chi connectivity index (χ3v) is 5.34. The van der Waals surface area contributed by atoms with Crippen LogP contribution in [0.3, 0.4) is 0 Å². The second kappa shape index (κ2) is 6.10. The van der Waals surface area contributed by atoms with Gasteiger partial charge >= 0.3 is 0 Å². The van der Waals surface area contributed by atoms with Crippen LogP contribution in [-0.4, -0.2) is 24.5 Å². The van der Waals surface area contributed by atoms with E-state index in [-0.39, 0.29) is 32.0 Å². The Morgan fingerprint density at radius 2 is 1.74 bits per heavy atom. The number of carbonyl (C=O) groups is 1. The molecule has 8 heteroatoms. The molecule has 0 atom stereocenters. The predicted octanol–water partition coefficient (Wildman–Crippen LogP) is 2.85. The van der Waals surface area contributed by atoms with Gasteiger partial charge in [-0.2, -0.15) is 0 Å². The molecule has 6 nitrogen and oxygen atoms in total. The molecule has 0 aliphatic carbocycles. The minimum Gasteiger partial charge on any atom is -0.504 e. The van der Waals surface area contributed by atoms with Crippen LogP contribution in [0, 0.1) is 6.92 Å². The van der Waals surface area contributed by atoms with E-state index in [0.29, 0.717) is 0 Å². The zero-order chi connectivity index (χ0) is 17.4. The molecule has 0 spiro atoms. The van der Waals surface area contributed by atoms with Crippen molar-refractivity contribution in [2.75, 3.05) is 5.32 Å². The standard InChI is InChI=1S/C15H14ClNO5S/c1-8-5-13(19)14(20)7-15(8)23(21,22)10-3-4-11(16)12(6-10)17-9(2)18/h3-7,19-20H,1-2H3,(H,17,18). The molecule has 1 amide bonds. The van der Waals surface area contributed by atoms with Crippen LogP contribution < -0.4 is 5.32 Å². The van der Waals surface area contributed by atoms with Crippen molar-refractivity contribution in [1.82, 2.24) is 0 Å². The minimum atomic E-state index is -3.97. The van der Waals surface area contributed by atoms with E-state index in [2.05, 4.69) is 5.32 Å². The molecule has 2 rings (SSSR count). The maximum Gasteiger partial charge on any atom is 0.221 e. The number of phenolic OH excluding ortho intramolecular Hbond substituents is 2. The van der Waals surface area contributed by atoms with E-state index in [4.69, 9.17) is 11.6 Å². The van der Waals surface area contributed by atoms with Crippen LogP contribution in [0.4, 0.5) is 5.69 Å². The maximum atomic E-state index is 12.7. The van der Waals surface area contributed by atoms with Crippen molar-refractivity contribution in [3.63, 3.8) is 0 Å². The van der Waals surface area contributed by atoms with E-state index < -0.39 is 21.3 Å². The third-order valence-electron chi connectivity index (χ3n) is 3.12. The summed E-state index contributed by atoms with van der Waals surface area (Å²) in [5, 5.41) is 21.6. The number of rotatable bonds is 3. The van der Waals surface area contributed by atoms with Gasteiger partial charge in [-0.05, 0) is 36.8 Å². The van der Waals surface area contributed by atoms with Gasteiger partial charge in [0.1, 0.15) is 0 Å². The highest BCUT2D eigenvalue weighted by atomic mass is 35.5. The zero-order valence-electron chi connectivity index (χ0n) is 12.3. The largest absolute Gasteiger partial charge is 0.504 e. The van der Waals surface area contributed by atoms with Crippen molar-refractivity contribution >= 4 is 33.0 Å². The lowest BCUT2D eigenvalue weighted by Gasteiger charge is -2.12. The molecular formula is C15H14ClNO5S. The van der Waals surface area contributed by atoms with Crippen molar-refractivity contribution in [3.8, 4) is 11.5 Å². The molecule has 23 heavy (non-hydrogen) atoms. The Kier molecular flexibility index (Phi) is 4.53. The number of carbonyl (C=O) groups excluding carboxylic acids is 1. The summed E-state index contributed by atoms with van der Waals surface area (Å²) >= 11 is 5.93. The quantitative estimate of drug-likeness (QED) is 0.734. The molecule has 0 radical (unpaired) electrons. The summed E-state index contributed by atoms with van der Waals surface area (Å²) in [5.74, 6) is -1.33.